The maximum atomic E-state index is 13.5. The molecule has 6 heteroatoms. The van der Waals surface area contributed by atoms with E-state index in [4.69, 9.17) is 5.11 Å². The Hall–Kier alpha value is -2.11. The summed E-state index contributed by atoms with van der Waals surface area (Å²) < 4.78 is 13.5. The average molecular weight is 297 g/mol. The van der Waals surface area contributed by atoms with Gasteiger partial charge in [0.1, 0.15) is 17.1 Å². The molecule has 0 spiro atoms. The van der Waals surface area contributed by atoms with Gasteiger partial charge in [0.2, 0.25) is 0 Å². The van der Waals surface area contributed by atoms with Crippen LogP contribution in [-0.4, -0.2) is 28.6 Å². The Bertz CT molecular complexity index is 496. The van der Waals surface area contributed by atoms with Crippen LogP contribution in [-0.2, 0) is 4.79 Å². The third kappa shape index (κ3) is 5.41. The molecule has 1 unspecified atom stereocenters. The van der Waals surface area contributed by atoms with Crippen LogP contribution in [0, 0.1) is 17.7 Å². The van der Waals surface area contributed by atoms with Crippen LogP contribution in [0.15, 0.2) is 18.2 Å². The third-order valence-corrected chi connectivity index (χ3v) is 3.04. The Morgan fingerprint density at radius 1 is 1.33 bits per heavy atom. The Kier molecular flexibility index (Phi) is 6.14. The van der Waals surface area contributed by atoms with Crippen LogP contribution < -0.4 is 5.32 Å². The molecule has 0 aliphatic rings. The molecular weight excluding hydrogens is 277 g/mol. The van der Waals surface area contributed by atoms with E-state index in [2.05, 4.69) is 5.32 Å². The lowest BCUT2D eigenvalue weighted by atomic mass is 9.94. The fourth-order valence-electron chi connectivity index (χ4n) is 2.22. The molecule has 1 aromatic carbocycles. The quantitative estimate of drug-likeness (QED) is 0.721. The first-order valence-electron chi connectivity index (χ1n) is 6.78. The number of hydrogen-bond acceptors (Lipinski definition) is 3. The summed E-state index contributed by atoms with van der Waals surface area (Å²) >= 11 is 0. The second-order valence-corrected chi connectivity index (χ2v) is 5.44. The summed E-state index contributed by atoms with van der Waals surface area (Å²) in [7, 11) is 0. The number of hydrogen-bond donors (Lipinski definition) is 3. The van der Waals surface area contributed by atoms with Gasteiger partial charge >= 0.3 is 5.97 Å². The number of phenols is 1. The van der Waals surface area contributed by atoms with Gasteiger partial charge in [-0.15, -0.1) is 0 Å². The van der Waals surface area contributed by atoms with Gasteiger partial charge < -0.3 is 15.5 Å². The van der Waals surface area contributed by atoms with Crippen molar-refractivity contribution >= 4 is 11.9 Å². The molecule has 1 amide bonds. The Morgan fingerprint density at radius 2 is 2.00 bits per heavy atom. The van der Waals surface area contributed by atoms with Gasteiger partial charge in [-0.25, -0.2) is 4.39 Å². The highest BCUT2D eigenvalue weighted by Crippen LogP contribution is 2.20. The molecule has 0 saturated heterocycles. The summed E-state index contributed by atoms with van der Waals surface area (Å²) in [5.41, 5.74) is -0.420. The van der Waals surface area contributed by atoms with E-state index in [0.717, 1.165) is 6.07 Å². The summed E-state index contributed by atoms with van der Waals surface area (Å²) in [6.07, 6.45) is 0.567. The number of rotatable bonds is 7. The van der Waals surface area contributed by atoms with Crippen molar-refractivity contribution in [3.05, 3.63) is 29.6 Å². The van der Waals surface area contributed by atoms with Gasteiger partial charge in [0, 0.05) is 13.0 Å². The topological polar surface area (TPSA) is 86.6 Å². The molecule has 5 nitrogen and oxygen atoms in total. The summed E-state index contributed by atoms with van der Waals surface area (Å²) in [6.45, 7) is 4.04. The molecule has 21 heavy (non-hydrogen) atoms. The maximum Gasteiger partial charge on any atom is 0.303 e. The standard InChI is InChI=1S/C15H20FNO4/c1-9(2)6-10(7-13(19)20)8-17-15(21)14-11(16)4-3-5-12(14)18/h3-5,9-10,18H,6-8H2,1-2H3,(H,17,21)(H,19,20). The number of halogens is 1. The van der Waals surface area contributed by atoms with E-state index < -0.39 is 29.0 Å². The SMILES string of the molecule is CC(C)CC(CNC(=O)c1c(O)cccc1F)CC(=O)O. The number of nitrogens with one attached hydrogen (secondary N) is 1. The van der Waals surface area contributed by atoms with Crippen LogP contribution >= 0.6 is 0 Å². The number of aliphatic carboxylic acids is 1. The molecule has 0 bridgehead atoms. The van der Waals surface area contributed by atoms with E-state index in [1.54, 1.807) is 0 Å². The lowest BCUT2D eigenvalue weighted by molar-refractivity contribution is -0.138. The van der Waals surface area contributed by atoms with Crippen LogP contribution in [0.25, 0.3) is 0 Å². The van der Waals surface area contributed by atoms with Crippen molar-refractivity contribution < 1.29 is 24.2 Å². The molecule has 0 saturated carbocycles. The first kappa shape index (κ1) is 16.9. The third-order valence-electron chi connectivity index (χ3n) is 3.04. The number of amides is 1. The molecule has 0 radical (unpaired) electrons. The maximum absolute atomic E-state index is 13.5. The van der Waals surface area contributed by atoms with E-state index in [1.165, 1.54) is 12.1 Å². The minimum Gasteiger partial charge on any atom is -0.507 e. The van der Waals surface area contributed by atoms with Gasteiger partial charge in [0.25, 0.3) is 5.91 Å². The van der Waals surface area contributed by atoms with Crippen molar-refractivity contribution in [2.24, 2.45) is 11.8 Å². The average Bonchev–Trinajstić information content (AvgIpc) is 2.34. The first-order valence-corrected chi connectivity index (χ1v) is 6.78. The molecule has 0 aliphatic carbocycles. The molecule has 116 valence electrons. The molecule has 0 fully saturated rings. The summed E-state index contributed by atoms with van der Waals surface area (Å²) in [5, 5.41) is 20.9. The Balaban J connectivity index is 2.70. The molecule has 1 atom stereocenters. The minimum absolute atomic E-state index is 0.0677. The highest BCUT2D eigenvalue weighted by Gasteiger charge is 2.20. The number of benzene rings is 1. The second-order valence-electron chi connectivity index (χ2n) is 5.44. The van der Waals surface area contributed by atoms with Gasteiger partial charge in [-0.1, -0.05) is 19.9 Å². The van der Waals surface area contributed by atoms with Crippen LogP contribution in [0.1, 0.15) is 37.0 Å². The minimum atomic E-state index is -0.941. The molecule has 0 aromatic heterocycles. The Morgan fingerprint density at radius 3 is 2.52 bits per heavy atom. The van der Waals surface area contributed by atoms with Crippen molar-refractivity contribution in [1.82, 2.24) is 5.32 Å². The lowest BCUT2D eigenvalue weighted by Crippen LogP contribution is -2.31. The largest absolute Gasteiger partial charge is 0.507 e. The summed E-state index contributed by atoms with van der Waals surface area (Å²) in [5.74, 6) is -2.89. The summed E-state index contributed by atoms with van der Waals surface area (Å²) in [6, 6.07) is 3.60. The molecule has 0 heterocycles. The van der Waals surface area contributed by atoms with Crippen molar-refractivity contribution in [2.45, 2.75) is 26.7 Å². The molecule has 1 aromatic rings. The van der Waals surface area contributed by atoms with Crippen LogP contribution in [0.3, 0.4) is 0 Å². The van der Waals surface area contributed by atoms with Crippen LogP contribution in [0.4, 0.5) is 4.39 Å². The number of carboxylic acids is 1. The monoisotopic (exact) mass is 297 g/mol. The Labute approximate surface area is 122 Å². The zero-order valence-corrected chi connectivity index (χ0v) is 12.1. The van der Waals surface area contributed by atoms with E-state index >= 15 is 0 Å². The van der Waals surface area contributed by atoms with Gasteiger partial charge in [0.05, 0.1) is 0 Å². The van der Waals surface area contributed by atoms with Crippen molar-refractivity contribution in [1.29, 1.82) is 0 Å². The van der Waals surface area contributed by atoms with Gasteiger partial charge in [-0.2, -0.15) is 0 Å². The van der Waals surface area contributed by atoms with E-state index in [-0.39, 0.29) is 24.8 Å². The highest BCUT2D eigenvalue weighted by molar-refractivity contribution is 5.97. The molecular formula is C15H20FNO4. The number of phenolic OH excluding ortho intramolecular Hbond substituents is 1. The number of carbonyl (C=O) groups excluding carboxylic acids is 1. The second kappa shape index (κ2) is 7.61. The van der Waals surface area contributed by atoms with E-state index in [1.807, 2.05) is 13.8 Å². The van der Waals surface area contributed by atoms with Crippen LogP contribution in [0.5, 0.6) is 5.75 Å². The van der Waals surface area contributed by atoms with Gasteiger partial charge in [-0.05, 0) is 30.4 Å². The van der Waals surface area contributed by atoms with E-state index in [9.17, 15) is 19.1 Å². The smallest absolute Gasteiger partial charge is 0.303 e. The molecule has 0 aliphatic heterocycles. The van der Waals surface area contributed by atoms with E-state index in [0.29, 0.717) is 6.42 Å². The summed E-state index contributed by atoms with van der Waals surface area (Å²) in [4.78, 5) is 22.7. The highest BCUT2D eigenvalue weighted by atomic mass is 19.1. The van der Waals surface area contributed by atoms with Crippen molar-refractivity contribution in [2.75, 3.05) is 6.54 Å². The lowest BCUT2D eigenvalue weighted by Gasteiger charge is -2.18. The zero-order chi connectivity index (χ0) is 16.0. The number of carboxylic acid groups (broad SMARTS) is 1. The van der Waals surface area contributed by atoms with Gasteiger partial charge in [0.15, 0.2) is 0 Å². The fraction of sp³-hybridized carbons (Fsp3) is 0.467. The van der Waals surface area contributed by atoms with Crippen molar-refractivity contribution in [3.8, 4) is 5.75 Å². The zero-order valence-electron chi connectivity index (χ0n) is 12.1. The number of aromatic hydroxyl groups is 1. The molecule has 3 N–H and O–H groups in total. The predicted octanol–water partition coefficient (Wildman–Crippen LogP) is 2.40. The fourth-order valence-corrected chi connectivity index (χ4v) is 2.22. The van der Waals surface area contributed by atoms with Gasteiger partial charge in [-0.3, -0.25) is 9.59 Å². The number of carbonyl (C=O) groups is 2. The first-order chi connectivity index (χ1) is 9.81. The normalized spacial score (nSPS) is 12.2. The predicted molar refractivity (Wildman–Crippen MR) is 75.6 cm³/mol. The van der Waals surface area contributed by atoms with Crippen molar-refractivity contribution in [3.63, 3.8) is 0 Å². The van der Waals surface area contributed by atoms with Crippen LogP contribution in [0.2, 0.25) is 0 Å². The molecule has 1 rings (SSSR count).